The highest BCUT2D eigenvalue weighted by atomic mass is 127. The maximum absolute atomic E-state index is 5.37. The summed E-state index contributed by atoms with van der Waals surface area (Å²) in [5, 5.41) is 6.65. The zero-order chi connectivity index (χ0) is 15.7. The summed E-state index contributed by atoms with van der Waals surface area (Å²) >= 11 is 1.83. The lowest BCUT2D eigenvalue weighted by atomic mass is 10.2. The van der Waals surface area contributed by atoms with Crippen molar-refractivity contribution in [3.8, 4) is 5.75 Å². The summed E-state index contributed by atoms with van der Waals surface area (Å²) in [7, 11) is 3.51. The van der Waals surface area contributed by atoms with Crippen LogP contribution in [0.1, 0.15) is 20.8 Å². The van der Waals surface area contributed by atoms with Gasteiger partial charge in [0, 0.05) is 30.3 Å². The SMILES string of the molecule is CN=C(NCC(C)CSc1ccccc1OC)NC(C)C.I. The summed E-state index contributed by atoms with van der Waals surface area (Å²) in [6, 6.07) is 8.52. The molecule has 0 radical (unpaired) electrons. The van der Waals surface area contributed by atoms with Crippen LogP contribution in [0.4, 0.5) is 0 Å². The van der Waals surface area contributed by atoms with Crippen molar-refractivity contribution in [2.75, 3.05) is 26.5 Å². The molecule has 4 nitrogen and oxygen atoms in total. The van der Waals surface area contributed by atoms with Gasteiger partial charge in [-0.25, -0.2) is 0 Å². The molecule has 0 bridgehead atoms. The van der Waals surface area contributed by atoms with Gasteiger partial charge in [0.05, 0.1) is 7.11 Å². The fourth-order valence-corrected chi connectivity index (χ4v) is 2.82. The molecule has 0 aliphatic heterocycles. The van der Waals surface area contributed by atoms with Crippen LogP contribution >= 0.6 is 35.7 Å². The highest BCUT2D eigenvalue weighted by Gasteiger charge is 2.08. The lowest BCUT2D eigenvalue weighted by Crippen LogP contribution is -2.42. The Morgan fingerprint density at radius 2 is 1.95 bits per heavy atom. The van der Waals surface area contributed by atoms with Gasteiger partial charge in [0.1, 0.15) is 5.75 Å². The van der Waals surface area contributed by atoms with E-state index < -0.39 is 0 Å². The quantitative estimate of drug-likeness (QED) is 0.296. The number of hydrogen-bond acceptors (Lipinski definition) is 3. The molecule has 0 aliphatic rings. The molecule has 1 aromatic rings. The van der Waals surface area contributed by atoms with Crippen LogP contribution in [-0.2, 0) is 0 Å². The highest BCUT2D eigenvalue weighted by Crippen LogP contribution is 2.29. The Hall–Kier alpha value is -0.630. The molecule has 1 unspecified atom stereocenters. The Bertz CT molecular complexity index is 455. The van der Waals surface area contributed by atoms with Gasteiger partial charge in [-0.15, -0.1) is 35.7 Å². The molecule has 1 atom stereocenters. The van der Waals surface area contributed by atoms with Gasteiger partial charge in [0.2, 0.25) is 0 Å². The van der Waals surface area contributed by atoms with E-state index in [0.717, 1.165) is 24.0 Å². The number of rotatable bonds is 7. The van der Waals surface area contributed by atoms with E-state index in [4.69, 9.17) is 4.74 Å². The van der Waals surface area contributed by atoms with Crippen molar-refractivity contribution in [1.82, 2.24) is 10.6 Å². The molecular formula is C16H28IN3OS. The standard InChI is InChI=1S/C16H27N3OS.HI/c1-12(2)19-16(17-4)18-10-13(3)11-21-15-9-7-6-8-14(15)20-5;/h6-9,12-13H,10-11H2,1-5H3,(H2,17,18,19);1H. The van der Waals surface area contributed by atoms with Crippen LogP contribution in [0.15, 0.2) is 34.2 Å². The van der Waals surface area contributed by atoms with Gasteiger partial charge in [-0.3, -0.25) is 4.99 Å². The number of para-hydroxylation sites is 1. The zero-order valence-electron chi connectivity index (χ0n) is 14.1. The van der Waals surface area contributed by atoms with Crippen LogP contribution in [0.5, 0.6) is 5.75 Å². The molecule has 0 amide bonds. The average Bonchev–Trinajstić information content (AvgIpc) is 2.49. The number of hydrogen-bond donors (Lipinski definition) is 2. The second-order valence-electron chi connectivity index (χ2n) is 5.32. The molecule has 6 heteroatoms. The van der Waals surface area contributed by atoms with Crippen LogP contribution in [0.3, 0.4) is 0 Å². The fourth-order valence-electron chi connectivity index (χ4n) is 1.77. The molecule has 0 heterocycles. The summed E-state index contributed by atoms with van der Waals surface area (Å²) in [6.07, 6.45) is 0. The number of guanidine groups is 1. The third-order valence-corrected chi connectivity index (χ3v) is 4.24. The topological polar surface area (TPSA) is 45.7 Å². The molecule has 1 aromatic carbocycles. The smallest absolute Gasteiger partial charge is 0.191 e. The van der Waals surface area contributed by atoms with Gasteiger partial charge in [-0.05, 0) is 31.9 Å². The van der Waals surface area contributed by atoms with Crippen molar-refractivity contribution >= 4 is 41.7 Å². The first-order valence-corrected chi connectivity index (χ1v) is 8.28. The molecule has 126 valence electrons. The Balaban J connectivity index is 0.00000441. The molecule has 0 spiro atoms. The Morgan fingerprint density at radius 1 is 1.27 bits per heavy atom. The first-order chi connectivity index (χ1) is 10.1. The van der Waals surface area contributed by atoms with Crippen molar-refractivity contribution in [2.45, 2.75) is 31.7 Å². The molecule has 0 saturated carbocycles. The number of aliphatic imine (C=N–C) groups is 1. The van der Waals surface area contributed by atoms with Crippen LogP contribution in [0.25, 0.3) is 0 Å². The summed E-state index contributed by atoms with van der Waals surface area (Å²) in [6.45, 7) is 7.34. The van der Waals surface area contributed by atoms with Crippen molar-refractivity contribution in [2.24, 2.45) is 10.9 Å². The number of nitrogens with zero attached hydrogens (tertiary/aromatic N) is 1. The average molecular weight is 437 g/mol. The lowest BCUT2D eigenvalue weighted by molar-refractivity contribution is 0.405. The summed E-state index contributed by atoms with van der Waals surface area (Å²) in [4.78, 5) is 5.40. The number of halogens is 1. The Kier molecular flexibility index (Phi) is 11.5. The predicted octanol–water partition coefficient (Wildman–Crippen LogP) is 3.61. The molecule has 22 heavy (non-hydrogen) atoms. The van der Waals surface area contributed by atoms with Gasteiger partial charge >= 0.3 is 0 Å². The maximum Gasteiger partial charge on any atom is 0.191 e. The van der Waals surface area contributed by atoms with E-state index in [0.29, 0.717) is 12.0 Å². The van der Waals surface area contributed by atoms with Gasteiger partial charge in [-0.2, -0.15) is 0 Å². The molecule has 1 rings (SSSR count). The molecule has 2 N–H and O–H groups in total. The van der Waals surface area contributed by atoms with Crippen molar-refractivity contribution in [3.63, 3.8) is 0 Å². The second-order valence-corrected chi connectivity index (χ2v) is 6.38. The normalized spacial score (nSPS) is 12.5. The molecule has 0 saturated heterocycles. The lowest BCUT2D eigenvalue weighted by Gasteiger charge is -2.18. The largest absolute Gasteiger partial charge is 0.496 e. The number of nitrogens with one attached hydrogen (secondary N) is 2. The second kappa shape index (κ2) is 11.9. The molecule has 0 aliphatic carbocycles. The Labute approximate surface area is 155 Å². The number of methoxy groups -OCH3 is 1. The minimum Gasteiger partial charge on any atom is -0.496 e. The van der Waals surface area contributed by atoms with Crippen LogP contribution in [0, 0.1) is 5.92 Å². The molecule has 0 fully saturated rings. The van der Waals surface area contributed by atoms with Gasteiger partial charge < -0.3 is 15.4 Å². The third kappa shape index (κ3) is 8.12. The van der Waals surface area contributed by atoms with E-state index in [-0.39, 0.29) is 24.0 Å². The molecule has 0 aromatic heterocycles. The van der Waals surface area contributed by atoms with Crippen LogP contribution in [0.2, 0.25) is 0 Å². The Morgan fingerprint density at radius 3 is 2.55 bits per heavy atom. The van der Waals surface area contributed by atoms with E-state index in [1.54, 1.807) is 14.2 Å². The van der Waals surface area contributed by atoms with E-state index >= 15 is 0 Å². The predicted molar refractivity (Wildman–Crippen MR) is 108 cm³/mol. The zero-order valence-corrected chi connectivity index (χ0v) is 17.2. The first-order valence-electron chi connectivity index (χ1n) is 7.29. The van der Waals surface area contributed by atoms with Gasteiger partial charge in [0.25, 0.3) is 0 Å². The van der Waals surface area contributed by atoms with E-state index in [1.165, 1.54) is 4.90 Å². The van der Waals surface area contributed by atoms with Crippen LogP contribution < -0.4 is 15.4 Å². The number of thioether (sulfide) groups is 1. The van der Waals surface area contributed by atoms with Crippen molar-refractivity contribution < 1.29 is 4.74 Å². The van der Waals surface area contributed by atoms with Crippen molar-refractivity contribution in [3.05, 3.63) is 24.3 Å². The van der Waals surface area contributed by atoms with E-state index in [9.17, 15) is 0 Å². The van der Waals surface area contributed by atoms with E-state index in [1.807, 2.05) is 30.0 Å². The number of ether oxygens (including phenoxy) is 1. The van der Waals surface area contributed by atoms with Crippen molar-refractivity contribution in [1.29, 1.82) is 0 Å². The minimum atomic E-state index is 0. The summed E-state index contributed by atoms with van der Waals surface area (Å²) in [5.41, 5.74) is 0. The monoisotopic (exact) mass is 437 g/mol. The van der Waals surface area contributed by atoms with E-state index in [2.05, 4.69) is 42.5 Å². The van der Waals surface area contributed by atoms with Gasteiger partial charge in [-0.1, -0.05) is 19.1 Å². The van der Waals surface area contributed by atoms with Crippen LogP contribution in [-0.4, -0.2) is 38.5 Å². The third-order valence-electron chi connectivity index (χ3n) is 2.86. The first kappa shape index (κ1) is 21.4. The maximum atomic E-state index is 5.37. The molecular weight excluding hydrogens is 409 g/mol. The van der Waals surface area contributed by atoms with Gasteiger partial charge in [0.15, 0.2) is 5.96 Å². The highest BCUT2D eigenvalue weighted by molar-refractivity contribution is 14.0. The summed E-state index contributed by atoms with van der Waals surface area (Å²) < 4.78 is 5.37. The fraction of sp³-hybridized carbons (Fsp3) is 0.562. The minimum absolute atomic E-state index is 0. The summed E-state index contributed by atoms with van der Waals surface area (Å²) in [5.74, 6) is 3.37. The number of benzene rings is 1.